The van der Waals surface area contributed by atoms with Gasteiger partial charge in [-0.3, -0.25) is 10.2 Å². The van der Waals surface area contributed by atoms with Crippen molar-refractivity contribution in [2.24, 2.45) is 11.0 Å². The van der Waals surface area contributed by atoms with Gasteiger partial charge in [0.05, 0.1) is 11.4 Å². The van der Waals surface area contributed by atoms with E-state index in [2.05, 4.69) is 10.0 Å². The molecule has 0 atom stereocenters. The van der Waals surface area contributed by atoms with Gasteiger partial charge in [0.15, 0.2) is 0 Å². The van der Waals surface area contributed by atoms with E-state index in [1.807, 2.05) is 5.43 Å². The zero-order chi connectivity index (χ0) is 9.68. The van der Waals surface area contributed by atoms with E-state index < -0.39 is 0 Å². The standard InChI is InChI=1S/C6H7N5OS/c7-10-6(12)5-2-1-4(13-5)3-9-11-8/h1-2H,3,7H2,(H,10,12). The molecule has 0 aliphatic carbocycles. The van der Waals surface area contributed by atoms with Crippen LogP contribution in [0.5, 0.6) is 0 Å². The molecule has 0 spiro atoms. The summed E-state index contributed by atoms with van der Waals surface area (Å²) in [5.74, 6) is 4.60. The molecule has 0 unspecified atom stereocenters. The first kappa shape index (κ1) is 9.53. The maximum atomic E-state index is 11.0. The third-order valence-electron chi connectivity index (χ3n) is 1.31. The first-order chi connectivity index (χ1) is 6.27. The molecule has 0 radical (unpaired) electrons. The predicted molar refractivity (Wildman–Crippen MR) is 48.8 cm³/mol. The van der Waals surface area contributed by atoms with Gasteiger partial charge in [0, 0.05) is 9.79 Å². The molecule has 1 aromatic rings. The van der Waals surface area contributed by atoms with Crippen molar-refractivity contribution >= 4 is 17.2 Å². The molecule has 0 bridgehead atoms. The third kappa shape index (κ3) is 2.45. The Kier molecular flexibility index (Phi) is 3.27. The second-order valence-corrected chi connectivity index (χ2v) is 3.30. The number of hydrogen-bond acceptors (Lipinski definition) is 4. The smallest absolute Gasteiger partial charge is 0.275 e. The van der Waals surface area contributed by atoms with Gasteiger partial charge in [-0.25, -0.2) is 5.84 Å². The van der Waals surface area contributed by atoms with Crippen LogP contribution in [0.25, 0.3) is 10.4 Å². The normalized spacial score (nSPS) is 9.00. The maximum Gasteiger partial charge on any atom is 0.275 e. The van der Waals surface area contributed by atoms with Gasteiger partial charge in [0.1, 0.15) is 0 Å². The number of amides is 1. The Hall–Kier alpha value is -1.56. The average molecular weight is 197 g/mol. The molecule has 0 saturated carbocycles. The molecular formula is C6H7N5OS. The maximum absolute atomic E-state index is 11.0. The van der Waals surface area contributed by atoms with Crippen LogP contribution in [0.15, 0.2) is 17.2 Å². The number of rotatable bonds is 3. The van der Waals surface area contributed by atoms with E-state index in [0.29, 0.717) is 4.88 Å². The van der Waals surface area contributed by atoms with Crippen LogP contribution in [-0.4, -0.2) is 5.91 Å². The lowest BCUT2D eigenvalue weighted by Crippen LogP contribution is -2.29. The van der Waals surface area contributed by atoms with Crippen LogP contribution < -0.4 is 11.3 Å². The van der Waals surface area contributed by atoms with Crippen LogP contribution in [0.4, 0.5) is 0 Å². The Labute approximate surface area is 78.0 Å². The van der Waals surface area contributed by atoms with Crippen molar-refractivity contribution in [1.29, 1.82) is 0 Å². The predicted octanol–water partition coefficient (Wildman–Crippen LogP) is 1.16. The first-order valence-corrected chi connectivity index (χ1v) is 4.20. The van der Waals surface area contributed by atoms with Gasteiger partial charge in [-0.15, -0.1) is 11.3 Å². The minimum atomic E-state index is -0.336. The second kappa shape index (κ2) is 4.46. The number of nitrogens with zero attached hydrogens (tertiary/aromatic N) is 3. The number of hydrazine groups is 1. The Morgan fingerprint density at radius 1 is 1.77 bits per heavy atom. The van der Waals surface area contributed by atoms with Crippen LogP contribution in [0.1, 0.15) is 14.5 Å². The molecule has 13 heavy (non-hydrogen) atoms. The summed E-state index contributed by atoms with van der Waals surface area (Å²) in [5.41, 5.74) is 10.1. The van der Waals surface area contributed by atoms with Crippen LogP contribution in [-0.2, 0) is 6.54 Å². The summed E-state index contributed by atoms with van der Waals surface area (Å²) in [6.45, 7) is 0.263. The van der Waals surface area contributed by atoms with E-state index in [0.717, 1.165) is 4.88 Å². The molecule has 68 valence electrons. The summed E-state index contributed by atoms with van der Waals surface area (Å²) in [4.78, 5) is 14.9. The molecule has 0 saturated heterocycles. The Balaban J connectivity index is 2.74. The van der Waals surface area contributed by atoms with Gasteiger partial charge in [0.25, 0.3) is 5.91 Å². The van der Waals surface area contributed by atoms with E-state index in [-0.39, 0.29) is 12.5 Å². The Morgan fingerprint density at radius 2 is 2.54 bits per heavy atom. The van der Waals surface area contributed by atoms with Gasteiger partial charge in [-0.1, -0.05) is 5.11 Å². The van der Waals surface area contributed by atoms with Crippen LogP contribution in [0, 0.1) is 0 Å². The van der Waals surface area contributed by atoms with Crippen molar-refractivity contribution < 1.29 is 4.79 Å². The molecule has 1 rings (SSSR count). The van der Waals surface area contributed by atoms with Crippen molar-refractivity contribution in [3.63, 3.8) is 0 Å². The van der Waals surface area contributed by atoms with Crippen molar-refractivity contribution in [3.8, 4) is 0 Å². The van der Waals surface area contributed by atoms with Gasteiger partial charge >= 0.3 is 0 Å². The Bertz CT molecular complexity index is 354. The van der Waals surface area contributed by atoms with Crippen LogP contribution >= 0.6 is 11.3 Å². The highest BCUT2D eigenvalue weighted by Gasteiger charge is 2.06. The molecular weight excluding hydrogens is 190 g/mol. The molecule has 0 fully saturated rings. The van der Waals surface area contributed by atoms with Gasteiger partial charge in [0.2, 0.25) is 0 Å². The zero-order valence-corrected chi connectivity index (χ0v) is 7.41. The summed E-state index contributed by atoms with van der Waals surface area (Å²) in [6, 6.07) is 3.36. The number of thiophene rings is 1. The lowest BCUT2D eigenvalue weighted by molar-refractivity contribution is 0.0957. The van der Waals surface area contributed by atoms with Gasteiger partial charge in [-0.05, 0) is 17.7 Å². The molecule has 0 aliphatic heterocycles. The van der Waals surface area contributed by atoms with Crippen LogP contribution in [0.2, 0.25) is 0 Å². The van der Waals surface area contributed by atoms with Gasteiger partial charge < -0.3 is 0 Å². The van der Waals surface area contributed by atoms with Crippen molar-refractivity contribution in [3.05, 3.63) is 32.3 Å². The van der Waals surface area contributed by atoms with Crippen molar-refractivity contribution in [2.45, 2.75) is 6.54 Å². The quantitative estimate of drug-likeness (QED) is 0.189. The Morgan fingerprint density at radius 3 is 3.15 bits per heavy atom. The van der Waals surface area contributed by atoms with E-state index in [4.69, 9.17) is 11.4 Å². The number of nitrogen functional groups attached to an aromatic ring is 1. The summed E-state index contributed by atoms with van der Waals surface area (Å²) < 4.78 is 0. The molecule has 0 aromatic carbocycles. The van der Waals surface area contributed by atoms with Crippen LogP contribution in [0.3, 0.4) is 0 Å². The number of azide groups is 1. The molecule has 7 heteroatoms. The minimum Gasteiger partial charge on any atom is -0.289 e. The number of nitrogens with one attached hydrogen (secondary N) is 1. The van der Waals surface area contributed by atoms with E-state index in [9.17, 15) is 4.79 Å². The largest absolute Gasteiger partial charge is 0.289 e. The summed E-state index contributed by atoms with van der Waals surface area (Å²) in [5, 5.41) is 3.37. The number of carbonyl (C=O) groups is 1. The highest BCUT2D eigenvalue weighted by molar-refractivity contribution is 7.14. The number of nitrogens with two attached hydrogens (primary N) is 1. The molecule has 0 aliphatic rings. The minimum absolute atomic E-state index is 0.263. The summed E-state index contributed by atoms with van der Waals surface area (Å²) >= 11 is 1.25. The van der Waals surface area contributed by atoms with Crippen molar-refractivity contribution in [1.82, 2.24) is 5.43 Å². The SMILES string of the molecule is [N-]=[N+]=NCc1ccc(C(=O)NN)s1. The summed E-state index contributed by atoms with van der Waals surface area (Å²) in [7, 11) is 0. The molecule has 1 amide bonds. The average Bonchev–Trinajstić information content (AvgIpc) is 2.62. The molecule has 1 aromatic heterocycles. The van der Waals surface area contributed by atoms with E-state index in [1.165, 1.54) is 11.3 Å². The monoisotopic (exact) mass is 197 g/mol. The highest BCUT2D eigenvalue weighted by atomic mass is 32.1. The molecule has 6 nitrogen and oxygen atoms in total. The fourth-order valence-corrected chi connectivity index (χ4v) is 1.59. The first-order valence-electron chi connectivity index (χ1n) is 3.38. The number of carbonyl (C=O) groups excluding carboxylic acids is 1. The van der Waals surface area contributed by atoms with E-state index in [1.54, 1.807) is 12.1 Å². The molecule has 1 heterocycles. The lowest BCUT2D eigenvalue weighted by atomic mass is 10.4. The third-order valence-corrected chi connectivity index (χ3v) is 2.38. The lowest BCUT2D eigenvalue weighted by Gasteiger charge is -1.91. The fraction of sp³-hybridized carbons (Fsp3) is 0.167. The highest BCUT2D eigenvalue weighted by Crippen LogP contribution is 2.16. The topological polar surface area (TPSA) is 104 Å². The molecule has 3 N–H and O–H groups in total. The second-order valence-electron chi connectivity index (χ2n) is 2.13. The summed E-state index contributed by atoms with van der Waals surface area (Å²) in [6.07, 6.45) is 0. The zero-order valence-electron chi connectivity index (χ0n) is 6.60. The van der Waals surface area contributed by atoms with Crippen molar-refractivity contribution in [2.75, 3.05) is 0 Å². The van der Waals surface area contributed by atoms with Gasteiger partial charge in [-0.2, -0.15) is 0 Å². The fourth-order valence-electron chi connectivity index (χ4n) is 0.757. The number of hydrogen-bond donors (Lipinski definition) is 2. The van der Waals surface area contributed by atoms with E-state index >= 15 is 0 Å².